The van der Waals surface area contributed by atoms with Crippen molar-refractivity contribution in [2.45, 2.75) is 52.9 Å². The average molecular weight is 307 g/mol. The lowest BCUT2D eigenvalue weighted by Crippen LogP contribution is -2.52. The standard InChI is InChI=1S/C18H26FNO2/c1-12(13-9-7-6-8-10-13)20-11-14(19)18(5,16(21)22)15(20)17(2,3)4/h6-10,12,14-15H,11H2,1-5H3,(H,21,22)/t12-,14?,15?,18+/m1/s1. The number of hydrogen-bond acceptors (Lipinski definition) is 2. The van der Waals surface area contributed by atoms with Crippen molar-refractivity contribution in [1.29, 1.82) is 0 Å². The van der Waals surface area contributed by atoms with Crippen molar-refractivity contribution in [1.82, 2.24) is 4.90 Å². The molecule has 122 valence electrons. The van der Waals surface area contributed by atoms with Crippen LogP contribution in [0.1, 0.15) is 46.2 Å². The predicted molar refractivity (Wildman–Crippen MR) is 85.4 cm³/mol. The molecule has 0 saturated carbocycles. The van der Waals surface area contributed by atoms with Crippen LogP contribution in [0.3, 0.4) is 0 Å². The Morgan fingerprint density at radius 2 is 1.91 bits per heavy atom. The van der Waals surface area contributed by atoms with Gasteiger partial charge in [-0.25, -0.2) is 4.39 Å². The molecule has 0 aromatic heterocycles. The Kier molecular flexibility index (Phi) is 4.35. The van der Waals surface area contributed by atoms with Crippen molar-refractivity contribution >= 4 is 5.97 Å². The minimum atomic E-state index is -1.39. The van der Waals surface area contributed by atoms with Gasteiger partial charge in [-0.05, 0) is 24.8 Å². The number of carboxylic acid groups (broad SMARTS) is 1. The smallest absolute Gasteiger partial charge is 0.314 e. The second-order valence-corrected chi connectivity index (χ2v) is 7.61. The first-order valence-corrected chi connectivity index (χ1v) is 7.78. The topological polar surface area (TPSA) is 40.5 Å². The minimum absolute atomic E-state index is 0.0233. The molecule has 1 aliphatic rings. The number of carboxylic acids is 1. The number of benzene rings is 1. The molecule has 2 unspecified atom stereocenters. The molecule has 4 atom stereocenters. The first kappa shape index (κ1) is 16.9. The Morgan fingerprint density at radius 1 is 1.36 bits per heavy atom. The quantitative estimate of drug-likeness (QED) is 0.920. The molecule has 1 N–H and O–H groups in total. The summed E-state index contributed by atoms with van der Waals surface area (Å²) in [4.78, 5) is 13.9. The van der Waals surface area contributed by atoms with Gasteiger partial charge < -0.3 is 5.11 Å². The molecule has 1 aromatic carbocycles. The minimum Gasteiger partial charge on any atom is -0.481 e. The van der Waals surface area contributed by atoms with E-state index >= 15 is 0 Å². The van der Waals surface area contributed by atoms with Crippen LogP contribution in [0, 0.1) is 10.8 Å². The largest absolute Gasteiger partial charge is 0.481 e. The molecule has 1 fully saturated rings. The van der Waals surface area contributed by atoms with E-state index in [1.54, 1.807) is 6.92 Å². The summed E-state index contributed by atoms with van der Waals surface area (Å²) in [6.07, 6.45) is -1.37. The van der Waals surface area contributed by atoms with E-state index in [-0.39, 0.29) is 24.0 Å². The van der Waals surface area contributed by atoms with Crippen LogP contribution in [0.15, 0.2) is 30.3 Å². The summed E-state index contributed by atoms with van der Waals surface area (Å²) in [5.41, 5.74) is -0.642. The van der Waals surface area contributed by atoms with Gasteiger partial charge in [0.2, 0.25) is 0 Å². The molecule has 3 nitrogen and oxygen atoms in total. The number of aliphatic carboxylic acids is 1. The van der Waals surface area contributed by atoms with Gasteiger partial charge in [-0.1, -0.05) is 51.1 Å². The van der Waals surface area contributed by atoms with Gasteiger partial charge in [0.15, 0.2) is 0 Å². The van der Waals surface area contributed by atoms with Crippen LogP contribution in [0.5, 0.6) is 0 Å². The van der Waals surface area contributed by atoms with E-state index < -0.39 is 17.6 Å². The number of carbonyl (C=O) groups is 1. The van der Waals surface area contributed by atoms with E-state index in [0.29, 0.717) is 0 Å². The summed E-state index contributed by atoms with van der Waals surface area (Å²) in [6.45, 7) is 9.69. The lowest BCUT2D eigenvalue weighted by Gasteiger charge is -2.44. The molecular formula is C18H26FNO2. The zero-order valence-corrected chi connectivity index (χ0v) is 14.0. The van der Waals surface area contributed by atoms with Gasteiger partial charge in [0.05, 0.1) is 0 Å². The van der Waals surface area contributed by atoms with Crippen LogP contribution in [0.4, 0.5) is 4.39 Å². The first-order chi connectivity index (χ1) is 10.1. The molecule has 0 aliphatic carbocycles. The van der Waals surface area contributed by atoms with Crippen LogP contribution < -0.4 is 0 Å². The molecule has 1 heterocycles. The average Bonchev–Trinajstić information content (AvgIpc) is 2.72. The van der Waals surface area contributed by atoms with Crippen LogP contribution in [-0.4, -0.2) is 34.7 Å². The van der Waals surface area contributed by atoms with E-state index in [1.165, 1.54) is 0 Å². The van der Waals surface area contributed by atoms with Gasteiger partial charge in [-0.15, -0.1) is 0 Å². The van der Waals surface area contributed by atoms with Crippen LogP contribution in [0.25, 0.3) is 0 Å². The monoisotopic (exact) mass is 307 g/mol. The molecule has 0 bridgehead atoms. The third kappa shape index (κ3) is 2.65. The van der Waals surface area contributed by atoms with Gasteiger partial charge in [0.25, 0.3) is 0 Å². The van der Waals surface area contributed by atoms with Gasteiger partial charge in [0.1, 0.15) is 11.6 Å². The van der Waals surface area contributed by atoms with Crippen molar-refractivity contribution in [3.8, 4) is 0 Å². The van der Waals surface area contributed by atoms with Crippen molar-refractivity contribution in [2.24, 2.45) is 10.8 Å². The van der Waals surface area contributed by atoms with Crippen molar-refractivity contribution in [3.63, 3.8) is 0 Å². The third-order valence-electron chi connectivity index (χ3n) is 4.98. The highest BCUT2D eigenvalue weighted by Gasteiger charge is 2.61. The molecule has 2 rings (SSSR count). The number of rotatable bonds is 3. The van der Waals surface area contributed by atoms with Gasteiger partial charge >= 0.3 is 5.97 Å². The molecule has 0 radical (unpaired) electrons. The molecule has 1 aliphatic heterocycles. The number of likely N-dealkylation sites (tertiary alicyclic amines) is 1. The second kappa shape index (κ2) is 5.65. The summed E-state index contributed by atoms with van der Waals surface area (Å²) < 4.78 is 14.7. The molecule has 4 heteroatoms. The van der Waals surface area contributed by atoms with Gasteiger partial charge in [-0.3, -0.25) is 9.69 Å². The Balaban J connectivity index is 2.45. The van der Waals surface area contributed by atoms with E-state index in [4.69, 9.17) is 0 Å². The number of alkyl halides is 1. The zero-order valence-electron chi connectivity index (χ0n) is 14.0. The van der Waals surface area contributed by atoms with Crippen molar-refractivity contribution in [3.05, 3.63) is 35.9 Å². The number of nitrogens with zero attached hydrogens (tertiary/aromatic N) is 1. The maximum Gasteiger partial charge on any atom is 0.314 e. The summed E-state index contributed by atoms with van der Waals surface area (Å²) in [7, 11) is 0. The maximum atomic E-state index is 14.7. The fraction of sp³-hybridized carbons (Fsp3) is 0.611. The molecule has 0 spiro atoms. The predicted octanol–water partition coefficient (Wildman–Crippen LogP) is 3.91. The normalized spacial score (nSPS) is 31.2. The van der Waals surface area contributed by atoms with E-state index in [9.17, 15) is 14.3 Å². The first-order valence-electron chi connectivity index (χ1n) is 7.78. The lowest BCUT2D eigenvalue weighted by atomic mass is 9.69. The lowest BCUT2D eigenvalue weighted by molar-refractivity contribution is -0.155. The Hall–Kier alpha value is -1.42. The van der Waals surface area contributed by atoms with E-state index in [1.807, 2.05) is 62.9 Å². The zero-order chi connectivity index (χ0) is 16.7. The molecule has 22 heavy (non-hydrogen) atoms. The molecule has 0 amide bonds. The van der Waals surface area contributed by atoms with E-state index in [0.717, 1.165) is 5.56 Å². The van der Waals surface area contributed by atoms with Crippen molar-refractivity contribution < 1.29 is 14.3 Å². The highest BCUT2D eigenvalue weighted by atomic mass is 19.1. The number of halogens is 1. The van der Waals surface area contributed by atoms with Crippen molar-refractivity contribution in [2.75, 3.05) is 6.54 Å². The van der Waals surface area contributed by atoms with Crippen LogP contribution >= 0.6 is 0 Å². The van der Waals surface area contributed by atoms with Crippen LogP contribution in [0.2, 0.25) is 0 Å². The summed E-state index contributed by atoms with van der Waals surface area (Å²) in [6, 6.07) is 9.48. The summed E-state index contributed by atoms with van der Waals surface area (Å²) in [5, 5.41) is 9.68. The molecule has 1 saturated heterocycles. The maximum absolute atomic E-state index is 14.7. The molecular weight excluding hydrogens is 281 g/mol. The Labute approximate surface area is 132 Å². The number of hydrogen-bond donors (Lipinski definition) is 1. The fourth-order valence-electron chi connectivity index (χ4n) is 3.95. The van der Waals surface area contributed by atoms with E-state index in [2.05, 4.69) is 0 Å². The fourth-order valence-corrected chi connectivity index (χ4v) is 3.95. The third-order valence-corrected chi connectivity index (χ3v) is 4.98. The Morgan fingerprint density at radius 3 is 2.36 bits per heavy atom. The summed E-state index contributed by atoms with van der Waals surface area (Å²) >= 11 is 0. The molecule has 1 aromatic rings. The highest BCUT2D eigenvalue weighted by Crippen LogP contribution is 2.49. The Bertz CT molecular complexity index is 540. The SMILES string of the molecule is C[C@H](c1ccccc1)N1CC(F)[C@](C)(C(=O)O)C1C(C)(C)C. The van der Waals surface area contributed by atoms with Crippen LogP contribution in [-0.2, 0) is 4.79 Å². The second-order valence-electron chi connectivity index (χ2n) is 7.61. The van der Waals surface area contributed by atoms with Gasteiger partial charge in [-0.2, -0.15) is 0 Å². The van der Waals surface area contributed by atoms with Gasteiger partial charge in [0, 0.05) is 18.6 Å². The highest BCUT2D eigenvalue weighted by molar-refractivity contribution is 5.77. The summed E-state index contributed by atoms with van der Waals surface area (Å²) in [5.74, 6) is -1.05.